The Morgan fingerprint density at radius 2 is 1.70 bits per heavy atom. The summed E-state index contributed by atoms with van der Waals surface area (Å²) in [6, 6.07) is 15.5. The highest BCUT2D eigenvalue weighted by Crippen LogP contribution is 2.17. The molecule has 7 nitrogen and oxygen atoms in total. The highest BCUT2D eigenvalue weighted by atomic mass is 35.5. The summed E-state index contributed by atoms with van der Waals surface area (Å²) in [4.78, 5) is 24.0. The average Bonchev–Trinajstić information content (AvgIpc) is 3.12. The summed E-state index contributed by atoms with van der Waals surface area (Å²) in [5.41, 5.74) is 6.93. The Kier molecular flexibility index (Phi) is 5.73. The fourth-order valence-corrected chi connectivity index (χ4v) is 2.36. The molecule has 8 heteroatoms. The van der Waals surface area contributed by atoms with Gasteiger partial charge < -0.3 is 4.74 Å². The van der Waals surface area contributed by atoms with Crippen molar-refractivity contribution in [1.82, 2.24) is 21.0 Å². The molecule has 0 saturated carbocycles. The van der Waals surface area contributed by atoms with Gasteiger partial charge in [0.05, 0.1) is 0 Å². The van der Waals surface area contributed by atoms with E-state index in [1.165, 1.54) is 0 Å². The summed E-state index contributed by atoms with van der Waals surface area (Å²) in [5.74, 6) is -0.223. The number of hydrazine groups is 1. The van der Waals surface area contributed by atoms with Crippen molar-refractivity contribution in [2.24, 2.45) is 0 Å². The molecule has 0 bridgehead atoms. The Bertz CT molecular complexity index is 936. The number of ether oxygens (including phenoxy) is 1. The number of aromatic amines is 1. The number of nitrogens with one attached hydrogen (secondary N) is 3. The number of hydrogen-bond donors (Lipinski definition) is 3. The second kappa shape index (κ2) is 8.37. The van der Waals surface area contributed by atoms with Crippen LogP contribution in [0.3, 0.4) is 0 Å². The molecule has 0 saturated heterocycles. The molecule has 0 radical (unpaired) electrons. The van der Waals surface area contributed by atoms with Crippen molar-refractivity contribution in [3.63, 3.8) is 0 Å². The van der Waals surface area contributed by atoms with Crippen molar-refractivity contribution in [1.29, 1.82) is 0 Å². The molecular formula is C19H17ClN4O3. The van der Waals surface area contributed by atoms with Crippen LogP contribution in [0.2, 0.25) is 5.02 Å². The van der Waals surface area contributed by atoms with Gasteiger partial charge in [0.2, 0.25) is 0 Å². The predicted octanol–water partition coefficient (Wildman–Crippen LogP) is 3.03. The molecule has 138 valence electrons. The zero-order chi connectivity index (χ0) is 19.2. The molecule has 3 aromatic rings. The van der Waals surface area contributed by atoms with Gasteiger partial charge in [0.1, 0.15) is 12.4 Å². The molecule has 3 rings (SSSR count). The van der Waals surface area contributed by atoms with Crippen LogP contribution in [0.15, 0.2) is 54.6 Å². The molecule has 0 unspecified atom stereocenters. The molecular weight excluding hydrogens is 368 g/mol. The van der Waals surface area contributed by atoms with E-state index < -0.39 is 11.8 Å². The van der Waals surface area contributed by atoms with Crippen LogP contribution in [-0.2, 0) is 6.61 Å². The van der Waals surface area contributed by atoms with Gasteiger partial charge >= 0.3 is 0 Å². The van der Waals surface area contributed by atoms with E-state index in [2.05, 4.69) is 21.0 Å². The maximum atomic E-state index is 12.1. The van der Waals surface area contributed by atoms with Gasteiger partial charge in [-0.2, -0.15) is 5.10 Å². The first-order valence-corrected chi connectivity index (χ1v) is 8.49. The van der Waals surface area contributed by atoms with Crippen LogP contribution in [0.4, 0.5) is 0 Å². The number of amides is 2. The Balaban J connectivity index is 1.50. The minimum absolute atomic E-state index is 0.197. The molecule has 0 fully saturated rings. The van der Waals surface area contributed by atoms with Crippen LogP contribution in [-0.4, -0.2) is 22.0 Å². The summed E-state index contributed by atoms with van der Waals surface area (Å²) in [6.45, 7) is 2.14. The molecule has 3 N–H and O–H groups in total. The second-order valence-corrected chi connectivity index (χ2v) is 6.22. The van der Waals surface area contributed by atoms with E-state index in [-0.39, 0.29) is 5.69 Å². The van der Waals surface area contributed by atoms with Crippen LogP contribution in [0, 0.1) is 6.92 Å². The van der Waals surface area contributed by atoms with Crippen molar-refractivity contribution < 1.29 is 14.3 Å². The van der Waals surface area contributed by atoms with Gasteiger partial charge in [0.25, 0.3) is 11.8 Å². The molecule has 1 heterocycles. The molecule has 0 aliphatic carbocycles. The number of rotatable bonds is 5. The molecule has 1 aromatic heterocycles. The highest BCUT2D eigenvalue weighted by molar-refractivity contribution is 6.30. The van der Waals surface area contributed by atoms with Crippen molar-refractivity contribution in [3.05, 3.63) is 82.1 Å². The van der Waals surface area contributed by atoms with Gasteiger partial charge in [-0.3, -0.25) is 25.5 Å². The van der Waals surface area contributed by atoms with Crippen molar-refractivity contribution in [3.8, 4) is 5.75 Å². The summed E-state index contributed by atoms with van der Waals surface area (Å²) in [6.07, 6.45) is 0. The SMILES string of the molecule is Cc1cc(C(=O)NNC(=O)c2ccc(COc3ccc(Cl)cc3)cc2)n[nH]1. The lowest BCUT2D eigenvalue weighted by Crippen LogP contribution is -2.41. The number of benzene rings is 2. The Morgan fingerprint density at radius 3 is 2.33 bits per heavy atom. The van der Waals surface area contributed by atoms with Gasteiger partial charge in [-0.1, -0.05) is 23.7 Å². The van der Waals surface area contributed by atoms with Gasteiger partial charge in [-0.25, -0.2) is 0 Å². The first kappa shape index (κ1) is 18.5. The van der Waals surface area contributed by atoms with Crippen molar-refractivity contribution in [2.45, 2.75) is 13.5 Å². The van der Waals surface area contributed by atoms with Gasteiger partial charge in [-0.05, 0) is 55.0 Å². The average molecular weight is 385 g/mol. The topological polar surface area (TPSA) is 96.1 Å². The quantitative estimate of drug-likeness (QED) is 0.589. The van der Waals surface area contributed by atoms with Crippen LogP contribution < -0.4 is 15.6 Å². The number of H-pyrrole nitrogens is 1. The molecule has 27 heavy (non-hydrogen) atoms. The number of hydrogen-bond acceptors (Lipinski definition) is 4. The molecule has 2 aromatic carbocycles. The Morgan fingerprint density at radius 1 is 1.04 bits per heavy atom. The van der Waals surface area contributed by atoms with E-state index in [9.17, 15) is 9.59 Å². The lowest BCUT2D eigenvalue weighted by atomic mass is 10.1. The normalized spacial score (nSPS) is 10.3. The van der Waals surface area contributed by atoms with E-state index in [1.807, 2.05) is 0 Å². The number of aryl methyl sites for hydroxylation is 1. The van der Waals surface area contributed by atoms with Gasteiger partial charge in [0, 0.05) is 16.3 Å². The minimum atomic E-state index is -0.499. The van der Waals surface area contributed by atoms with Gasteiger partial charge in [-0.15, -0.1) is 0 Å². The smallest absolute Gasteiger partial charge is 0.290 e. The fraction of sp³-hybridized carbons (Fsp3) is 0.105. The van der Waals surface area contributed by atoms with Crippen LogP contribution in [0.25, 0.3) is 0 Å². The third kappa shape index (κ3) is 5.08. The summed E-state index contributed by atoms with van der Waals surface area (Å²) in [5, 5.41) is 7.12. The monoisotopic (exact) mass is 384 g/mol. The number of carbonyl (C=O) groups excluding carboxylic acids is 2. The predicted molar refractivity (Wildman–Crippen MR) is 100 cm³/mol. The minimum Gasteiger partial charge on any atom is -0.489 e. The molecule has 0 spiro atoms. The lowest BCUT2D eigenvalue weighted by Gasteiger charge is -2.08. The van der Waals surface area contributed by atoms with E-state index >= 15 is 0 Å². The van der Waals surface area contributed by atoms with Crippen LogP contribution >= 0.6 is 11.6 Å². The number of carbonyl (C=O) groups is 2. The first-order valence-electron chi connectivity index (χ1n) is 8.11. The molecule has 0 aliphatic heterocycles. The van der Waals surface area contributed by atoms with Gasteiger partial charge in [0.15, 0.2) is 5.69 Å². The molecule has 0 aliphatic rings. The fourth-order valence-electron chi connectivity index (χ4n) is 2.23. The Labute approximate surface area is 160 Å². The van der Waals surface area contributed by atoms with E-state index in [1.54, 1.807) is 61.5 Å². The Hall–Kier alpha value is -3.32. The van der Waals surface area contributed by atoms with Crippen molar-refractivity contribution in [2.75, 3.05) is 0 Å². The number of halogens is 1. The van der Waals surface area contributed by atoms with Crippen molar-refractivity contribution >= 4 is 23.4 Å². The van der Waals surface area contributed by atoms with Crippen LogP contribution in [0.5, 0.6) is 5.75 Å². The zero-order valence-corrected chi connectivity index (χ0v) is 15.2. The largest absolute Gasteiger partial charge is 0.489 e. The summed E-state index contributed by atoms with van der Waals surface area (Å²) < 4.78 is 5.65. The number of aromatic nitrogens is 2. The highest BCUT2D eigenvalue weighted by Gasteiger charge is 2.11. The summed E-state index contributed by atoms with van der Waals surface area (Å²) >= 11 is 5.83. The third-order valence-electron chi connectivity index (χ3n) is 3.66. The van der Waals surface area contributed by atoms with Crippen LogP contribution in [0.1, 0.15) is 32.1 Å². The van der Waals surface area contributed by atoms with E-state index in [4.69, 9.17) is 16.3 Å². The van der Waals surface area contributed by atoms with E-state index in [0.717, 1.165) is 11.3 Å². The third-order valence-corrected chi connectivity index (χ3v) is 3.92. The second-order valence-electron chi connectivity index (χ2n) is 5.78. The number of nitrogens with zero attached hydrogens (tertiary/aromatic N) is 1. The molecule has 2 amide bonds. The maximum absolute atomic E-state index is 12.1. The first-order chi connectivity index (χ1) is 13.0. The zero-order valence-electron chi connectivity index (χ0n) is 14.5. The standard InChI is InChI=1S/C19H17ClN4O3/c1-12-10-17(22-21-12)19(26)24-23-18(25)14-4-2-13(3-5-14)11-27-16-8-6-15(20)7-9-16/h2-10H,11H2,1H3,(H,21,22)(H,23,25)(H,24,26). The van der Waals surface area contributed by atoms with E-state index in [0.29, 0.717) is 22.9 Å². The maximum Gasteiger partial charge on any atom is 0.290 e. The molecule has 0 atom stereocenters. The summed E-state index contributed by atoms with van der Waals surface area (Å²) in [7, 11) is 0. The lowest BCUT2D eigenvalue weighted by molar-refractivity contribution is 0.0844.